The van der Waals surface area contributed by atoms with E-state index in [-0.39, 0.29) is 0 Å². The largest absolute Gasteiger partial charge is 0.481 e. The van der Waals surface area contributed by atoms with Gasteiger partial charge in [-0.05, 0) is 19.3 Å². The maximum Gasteiger partial charge on any atom is 0.303 e. The number of carboxylic acids is 1. The van der Waals surface area contributed by atoms with Crippen molar-refractivity contribution in [1.82, 2.24) is 0 Å². The van der Waals surface area contributed by atoms with E-state index in [2.05, 4.69) is 12.6 Å². The normalized spacial score (nSPS) is 11.3. The fourth-order valence-electron chi connectivity index (χ4n) is 5.50. The van der Waals surface area contributed by atoms with Gasteiger partial charge in [0.1, 0.15) is 0 Å². The van der Waals surface area contributed by atoms with Gasteiger partial charge in [-0.25, -0.2) is 0 Å². The van der Waals surface area contributed by atoms with Crippen molar-refractivity contribution in [2.45, 2.75) is 205 Å². The number of thiocarbonyl (C=S) groups is 1. The van der Waals surface area contributed by atoms with Crippen LogP contribution in [-0.2, 0) is 4.79 Å². The molecular formula is C34H66O2S2. The molecule has 4 heteroatoms. The number of hydrogen-bond donors (Lipinski definition) is 2. The Labute approximate surface area is 249 Å². The molecule has 1 N–H and O–H groups in total. The lowest BCUT2D eigenvalue weighted by molar-refractivity contribution is -0.137. The van der Waals surface area contributed by atoms with E-state index in [1.165, 1.54) is 180 Å². The highest BCUT2D eigenvalue weighted by atomic mass is 32.1. The molecule has 0 unspecified atom stereocenters. The van der Waals surface area contributed by atoms with Gasteiger partial charge in [0.05, 0.1) is 0 Å². The van der Waals surface area contributed by atoms with Crippen LogP contribution in [0, 0.1) is 0 Å². The number of carboxylic acid groups (broad SMARTS) is 1. The molecule has 2 nitrogen and oxygen atoms in total. The first-order valence-electron chi connectivity index (χ1n) is 17.1. The average molecular weight is 571 g/mol. The number of rotatable bonds is 33. The zero-order valence-electron chi connectivity index (χ0n) is 25.3. The van der Waals surface area contributed by atoms with E-state index in [0.717, 1.165) is 23.5 Å². The second kappa shape index (κ2) is 33.1. The first-order valence-corrected chi connectivity index (χ1v) is 17.9. The molecule has 0 rings (SSSR count). The van der Waals surface area contributed by atoms with Crippen LogP contribution in [0.1, 0.15) is 205 Å². The standard InChI is InChI=1S/C34H66O2S2/c35-33(36)31-29-27-25-23-21-19-17-15-13-11-9-7-5-3-1-2-4-6-8-10-12-14-16-18-20-22-24-26-28-30-32-34(37)38/h1-32H2,(H,35,36)(H,37,38). The molecule has 0 saturated heterocycles. The van der Waals surface area contributed by atoms with Crippen molar-refractivity contribution < 1.29 is 9.90 Å². The summed E-state index contributed by atoms with van der Waals surface area (Å²) in [7, 11) is 0. The highest BCUT2D eigenvalue weighted by Gasteiger charge is 1.98. The average Bonchev–Trinajstić information content (AvgIpc) is 2.89. The molecule has 0 amide bonds. The van der Waals surface area contributed by atoms with Crippen LogP contribution in [0.4, 0.5) is 0 Å². The van der Waals surface area contributed by atoms with Gasteiger partial charge >= 0.3 is 5.97 Å². The monoisotopic (exact) mass is 570 g/mol. The molecule has 0 spiro atoms. The van der Waals surface area contributed by atoms with Crippen LogP contribution in [0.15, 0.2) is 0 Å². The minimum absolute atomic E-state index is 0.344. The highest BCUT2D eigenvalue weighted by molar-refractivity contribution is 8.11. The first-order chi connectivity index (χ1) is 18.6. The fraction of sp³-hybridized carbons (Fsp3) is 0.941. The van der Waals surface area contributed by atoms with Crippen LogP contribution in [0.25, 0.3) is 0 Å². The maximum atomic E-state index is 10.5. The molecule has 0 fully saturated rings. The zero-order chi connectivity index (χ0) is 27.8. The van der Waals surface area contributed by atoms with Crippen LogP contribution >= 0.6 is 24.8 Å². The van der Waals surface area contributed by atoms with Crippen LogP contribution in [0.2, 0.25) is 0 Å². The van der Waals surface area contributed by atoms with Crippen molar-refractivity contribution in [3.05, 3.63) is 0 Å². The zero-order valence-corrected chi connectivity index (χ0v) is 27.0. The smallest absolute Gasteiger partial charge is 0.303 e. The molecule has 0 aliphatic carbocycles. The molecule has 0 bridgehead atoms. The number of carbonyl (C=O) groups is 1. The maximum absolute atomic E-state index is 10.5. The topological polar surface area (TPSA) is 37.3 Å². The summed E-state index contributed by atoms with van der Waals surface area (Å²) in [6, 6.07) is 0. The van der Waals surface area contributed by atoms with Crippen molar-refractivity contribution in [3.8, 4) is 0 Å². The van der Waals surface area contributed by atoms with Gasteiger partial charge in [0, 0.05) is 10.6 Å². The number of aliphatic carboxylic acids is 1. The van der Waals surface area contributed by atoms with Crippen LogP contribution < -0.4 is 0 Å². The van der Waals surface area contributed by atoms with Gasteiger partial charge in [0.2, 0.25) is 0 Å². The van der Waals surface area contributed by atoms with Crippen LogP contribution in [0.5, 0.6) is 0 Å². The lowest BCUT2D eigenvalue weighted by Gasteiger charge is -2.05. The Kier molecular flexibility index (Phi) is 33.0. The van der Waals surface area contributed by atoms with E-state index in [4.69, 9.17) is 17.3 Å². The third kappa shape index (κ3) is 35.9. The van der Waals surface area contributed by atoms with Gasteiger partial charge < -0.3 is 5.11 Å². The van der Waals surface area contributed by atoms with E-state index in [9.17, 15) is 4.79 Å². The minimum Gasteiger partial charge on any atom is -0.481 e. The molecule has 0 aromatic heterocycles. The van der Waals surface area contributed by atoms with Crippen molar-refractivity contribution in [3.63, 3.8) is 0 Å². The van der Waals surface area contributed by atoms with E-state index < -0.39 is 5.97 Å². The van der Waals surface area contributed by atoms with Crippen molar-refractivity contribution in [2.24, 2.45) is 0 Å². The SMILES string of the molecule is O=C(O)CCCCCCCCCCCCCCCCCCCCCCCCCCCCCCCCC(=S)S. The Morgan fingerprint density at radius 2 is 0.526 bits per heavy atom. The molecular weight excluding hydrogens is 505 g/mol. The second-order valence-corrected chi connectivity index (χ2v) is 13.2. The molecule has 0 heterocycles. The number of hydrogen-bond acceptors (Lipinski definition) is 2. The van der Waals surface area contributed by atoms with Gasteiger partial charge in [0.15, 0.2) is 0 Å². The summed E-state index contributed by atoms with van der Waals surface area (Å²) >= 11 is 9.19. The lowest BCUT2D eigenvalue weighted by atomic mass is 10.0. The third-order valence-electron chi connectivity index (χ3n) is 8.03. The quantitative estimate of drug-likeness (QED) is 0.0468. The lowest BCUT2D eigenvalue weighted by Crippen LogP contribution is -1.93. The van der Waals surface area contributed by atoms with Crippen molar-refractivity contribution in [2.75, 3.05) is 0 Å². The number of thiol groups is 1. The summed E-state index contributed by atoms with van der Waals surface area (Å²) in [5, 5.41) is 8.63. The van der Waals surface area contributed by atoms with Crippen molar-refractivity contribution >= 4 is 35.0 Å². The second-order valence-electron chi connectivity index (χ2n) is 11.9. The Morgan fingerprint density at radius 1 is 0.368 bits per heavy atom. The molecule has 0 aliphatic rings. The van der Waals surface area contributed by atoms with Gasteiger partial charge in [-0.2, -0.15) is 0 Å². The molecule has 226 valence electrons. The van der Waals surface area contributed by atoms with E-state index in [1.54, 1.807) is 0 Å². The molecule has 38 heavy (non-hydrogen) atoms. The summed E-state index contributed by atoms with van der Waals surface area (Å²) in [5.74, 6) is -0.650. The van der Waals surface area contributed by atoms with E-state index in [1.807, 2.05) is 0 Å². The molecule has 0 radical (unpaired) electrons. The Hall–Kier alpha value is -0.0900. The number of unbranched alkanes of at least 4 members (excludes halogenated alkanes) is 29. The highest BCUT2D eigenvalue weighted by Crippen LogP contribution is 2.17. The predicted octanol–water partition coefficient (Wildman–Crippen LogP) is 12.8. The molecule has 0 aliphatic heterocycles. The Bertz CT molecular complexity index is 451. The van der Waals surface area contributed by atoms with Gasteiger partial charge in [0.25, 0.3) is 0 Å². The third-order valence-corrected chi connectivity index (χ3v) is 8.46. The fourth-order valence-corrected chi connectivity index (χ4v) is 5.80. The Balaban J connectivity index is 3.04. The Morgan fingerprint density at radius 3 is 0.684 bits per heavy atom. The molecule has 0 atom stereocenters. The summed E-state index contributed by atoms with van der Waals surface area (Å²) in [6.07, 6.45) is 42.7. The predicted molar refractivity (Wildman–Crippen MR) is 177 cm³/mol. The van der Waals surface area contributed by atoms with Crippen molar-refractivity contribution in [1.29, 1.82) is 0 Å². The molecule has 0 saturated carbocycles. The summed E-state index contributed by atoms with van der Waals surface area (Å²) < 4.78 is 0.872. The summed E-state index contributed by atoms with van der Waals surface area (Å²) in [6.45, 7) is 0. The van der Waals surface area contributed by atoms with Gasteiger partial charge in [-0.3, -0.25) is 4.79 Å². The van der Waals surface area contributed by atoms with Gasteiger partial charge in [-0.1, -0.05) is 192 Å². The van der Waals surface area contributed by atoms with E-state index >= 15 is 0 Å². The molecule has 0 aromatic carbocycles. The van der Waals surface area contributed by atoms with E-state index in [0.29, 0.717) is 6.42 Å². The molecule has 0 aromatic rings. The minimum atomic E-state index is -0.650. The van der Waals surface area contributed by atoms with Crippen LogP contribution in [-0.4, -0.2) is 15.3 Å². The first kappa shape index (κ1) is 37.9. The summed E-state index contributed by atoms with van der Waals surface area (Å²) in [4.78, 5) is 10.5. The van der Waals surface area contributed by atoms with Gasteiger partial charge in [-0.15, -0.1) is 12.6 Å². The van der Waals surface area contributed by atoms with Crippen LogP contribution in [0.3, 0.4) is 0 Å². The summed E-state index contributed by atoms with van der Waals surface area (Å²) in [5.41, 5.74) is 0.